The first kappa shape index (κ1) is 15.1. The Morgan fingerprint density at radius 2 is 1.83 bits per heavy atom. The van der Waals surface area contributed by atoms with E-state index in [-0.39, 0.29) is 5.92 Å². The molecule has 0 aromatic heterocycles. The van der Waals surface area contributed by atoms with Gasteiger partial charge in [-0.05, 0) is 19.3 Å². The van der Waals surface area contributed by atoms with Crippen LogP contribution in [0, 0.1) is 5.92 Å². The van der Waals surface area contributed by atoms with E-state index in [1.165, 1.54) is 21.3 Å². The van der Waals surface area contributed by atoms with Crippen molar-refractivity contribution in [1.82, 2.24) is 0 Å². The van der Waals surface area contributed by atoms with Gasteiger partial charge in [0.1, 0.15) is 0 Å². The van der Waals surface area contributed by atoms with Crippen LogP contribution < -0.4 is 0 Å². The largest absolute Gasteiger partial charge is 0.393 e. The van der Waals surface area contributed by atoms with Gasteiger partial charge in [0, 0.05) is 34.2 Å². The highest BCUT2D eigenvalue weighted by molar-refractivity contribution is 5.89. The molecule has 18 heavy (non-hydrogen) atoms. The van der Waals surface area contributed by atoms with Gasteiger partial charge >= 0.3 is 11.9 Å². The van der Waals surface area contributed by atoms with Crippen LogP contribution in [0.2, 0.25) is 0 Å². The molecule has 1 fully saturated rings. The summed E-state index contributed by atoms with van der Waals surface area (Å²) in [5.41, 5.74) is 0. The van der Waals surface area contributed by atoms with Gasteiger partial charge in [-0.2, -0.15) is 0 Å². The molecule has 0 spiro atoms. The van der Waals surface area contributed by atoms with Crippen molar-refractivity contribution >= 4 is 11.9 Å². The topological polar surface area (TPSA) is 71.1 Å². The van der Waals surface area contributed by atoms with Crippen molar-refractivity contribution in [3.63, 3.8) is 0 Å². The highest BCUT2D eigenvalue weighted by atomic mass is 16.9. The maximum absolute atomic E-state index is 11.4. The van der Waals surface area contributed by atoms with Gasteiger partial charge in [-0.3, -0.25) is 9.59 Å². The number of carbonyl (C=O) groups excluding carboxylic acids is 2. The van der Waals surface area contributed by atoms with Crippen molar-refractivity contribution in [3.8, 4) is 0 Å². The third-order valence-corrected chi connectivity index (χ3v) is 3.21. The van der Waals surface area contributed by atoms with E-state index in [0.717, 1.165) is 0 Å². The molecular formula is C12H20O6. The zero-order valence-electron chi connectivity index (χ0n) is 11.1. The standard InChI is InChI=1S/C12H20O6/c1-15-12(16-2,17-3)8-4-5-9-6-7-10(13)18-11(9)14/h9H,4-8H2,1-3H3. The van der Waals surface area contributed by atoms with E-state index < -0.39 is 17.9 Å². The Kier molecular flexibility index (Phi) is 5.71. The van der Waals surface area contributed by atoms with E-state index in [1.54, 1.807) is 0 Å². The van der Waals surface area contributed by atoms with Gasteiger partial charge in [-0.1, -0.05) is 0 Å². The number of esters is 2. The lowest BCUT2D eigenvalue weighted by Gasteiger charge is -2.29. The molecule has 1 rings (SSSR count). The van der Waals surface area contributed by atoms with Crippen molar-refractivity contribution in [2.45, 2.75) is 38.1 Å². The summed E-state index contributed by atoms with van der Waals surface area (Å²) >= 11 is 0. The Morgan fingerprint density at radius 3 is 2.33 bits per heavy atom. The molecule has 1 aliphatic heterocycles. The molecule has 0 bridgehead atoms. The average molecular weight is 260 g/mol. The smallest absolute Gasteiger partial charge is 0.316 e. The third-order valence-electron chi connectivity index (χ3n) is 3.21. The highest BCUT2D eigenvalue weighted by Gasteiger charge is 2.32. The van der Waals surface area contributed by atoms with E-state index in [9.17, 15) is 9.59 Å². The monoisotopic (exact) mass is 260 g/mol. The number of hydrogen-bond donors (Lipinski definition) is 0. The summed E-state index contributed by atoms with van der Waals surface area (Å²) in [6, 6.07) is 0. The summed E-state index contributed by atoms with van der Waals surface area (Å²) < 4.78 is 20.1. The second-order valence-corrected chi connectivity index (χ2v) is 4.22. The maximum atomic E-state index is 11.4. The van der Waals surface area contributed by atoms with Crippen LogP contribution in [0.3, 0.4) is 0 Å². The maximum Gasteiger partial charge on any atom is 0.316 e. The van der Waals surface area contributed by atoms with Gasteiger partial charge in [0.25, 0.3) is 5.97 Å². The average Bonchev–Trinajstić information content (AvgIpc) is 2.38. The molecule has 1 atom stereocenters. The first-order chi connectivity index (χ1) is 8.56. The highest BCUT2D eigenvalue weighted by Crippen LogP contribution is 2.26. The molecule has 0 N–H and O–H groups in total. The molecule has 1 saturated heterocycles. The molecule has 0 aromatic carbocycles. The fraction of sp³-hybridized carbons (Fsp3) is 0.833. The molecule has 1 unspecified atom stereocenters. The fourth-order valence-electron chi connectivity index (χ4n) is 2.04. The summed E-state index contributed by atoms with van der Waals surface area (Å²) in [6.45, 7) is 0. The zero-order chi connectivity index (χ0) is 13.6. The van der Waals surface area contributed by atoms with Gasteiger partial charge in [0.05, 0.1) is 5.92 Å². The first-order valence-corrected chi connectivity index (χ1v) is 5.97. The van der Waals surface area contributed by atoms with Crippen LogP contribution in [0.25, 0.3) is 0 Å². The van der Waals surface area contributed by atoms with Gasteiger partial charge in [-0.15, -0.1) is 0 Å². The van der Waals surface area contributed by atoms with E-state index in [2.05, 4.69) is 4.74 Å². The molecule has 0 aliphatic carbocycles. The summed E-state index contributed by atoms with van der Waals surface area (Å²) in [5.74, 6) is -2.14. The van der Waals surface area contributed by atoms with E-state index in [1.807, 2.05) is 0 Å². The minimum Gasteiger partial charge on any atom is -0.393 e. The summed E-state index contributed by atoms with van der Waals surface area (Å²) in [7, 11) is 4.50. The molecule has 104 valence electrons. The predicted octanol–water partition coefficient (Wildman–Crippen LogP) is 1.23. The van der Waals surface area contributed by atoms with Gasteiger partial charge in [0.2, 0.25) is 0 Å². The van der Waals surface area contributed by atoms with Crippen LogP contribution in [-0.2, 0) is 28.5 Å². The quantitative estimate of drug-likeness (QED) is 0.389. The lowest BCUT2D eigenvalue weighted by atomic mass is 9.95. The molecule has 0 amide bonds. The van der Waals surface area contributed by atoms with Crippen molar-refractivity contribution in [1.29, 1.82) is 0 Å². The fourth-order valence-corrected chi connectivity index (χ4v) is 2.04. The Balaban J connectivity index is 2.37. The minimum atomic E-state index is -1.06. The van der Waals surface area contributed by atoms with Crippen molar-refractivity contribution in [2.75, 3.05) is 21.3 Å². The number of cyclic esters (lactones) is 2. The van der Waals surface area contributed by atoms with Crippen LogP contribution in [-0.4, -0.2) is 39.2 Å². The van der Waals surface area contributed by atoms with Crippen molar-refractivity contribution in [2.24, 2.45) is 5.92 Å². The zero-order valence-corrected chi connectivity index (χ0v) is 11.1. The number of ether oxygens (including phenoxy) is 4. The molecule has 1 heterocycles. The van der Waals surface area contributed by atoms with Crippen LogP contribution in [0.4, 0.5) is 0 Å². The number of methoxy groups -OCH3 is 3. The number of hydrogen-bond acceptors (Lipinski definition) is 6. The molecule has 0 radical (unpaired) electrons. The number of carbonyl (C=O) groups is 2. The van der Waals surface area contributed by atoms with Crippen LogP contribution in [0.15, 0.2) is 0 Å². The summed E-state index contributed by atoms with van der Waals surface area (Å²) in [5, 5.41) is 0. The summed E-state index contributed by atoms with van der Waals surface area (Å²) in [4.78, 5) is 22.3. The van der Waals surface area contributed by atoms with Crippen LogP contribution in [0.5, 0.6) is 0 Å². The van der Waals surface area contributed by atoms with Crippen LogP contribution >= 0.6 is 0 Å². The third kappa shape index (κ3) is 3.76. The van der Waals surface area contributed by atoms with E-state index in [4.69, 9.17) is 14.2 Å². The first-order valence-electron chi connectivity index (χ1n) is 5.97. The van der Waals surface area contributed by atoms with Crippen molar-refractivity contribution in [3.05, 3.63) is 0 Å². The SMILES string of the molecule is COC(CCCC1CCC(=O)OC1=O)(OC)OC. The van der Waals surface area contributed by atoms with E-state index in [0.29, 0.717) is 32.1 Å². The van der Waals surface area contributed by atoms with Gasteiger partial charge < -0.3 is 18.9 Å². The molecule has 0 saturated carbocycles. The predicted molar refractivity (Wildman–Crippen MR) is 61.4 cm³/mol. The second-order valence-electron chi connectivity index (χ2n) is 4.22. The second kappa shape index (κ2) is 6.82. The molecule has 0 aromatic rings. The Bertz CT molecular complexity index is 289. The van der Waals surface area contributed by atoms with Gasteiger partial charge in [0.15, 0.2) is 0 Å². The Labute approximate surface area is 107 Å². The van der Waals surface area contributed by atoms with Gasteiger partial charge in [-0.25, -0.2) is 0 Å². The number of rotatable bonds is 7. The lowest BCUT2D eigenvalue weighted by Crippen LogP contribution is -2.36. The molecular weight excluding hydrogens is 240 g/mol. The molecule has 6 nitrogen and oxygen atoms in total. The Hall–Kier alpha value is -0.980. The normalized spacial score (nSPS) is 20.9. The minimum absolute atomic E-state index is 0.217. The van der Waals surface area contributed by atoms with Crippen molar-refractivity contribution < 1.29 is 28.5 Å². The molecule has 6 heteroatoms. The lowest BCUT2D eigenvalue weighted by molar-refractivity contribution is -0.355. The Morgan fingerprint density at radius 1 is 1.22 bits per heavy atom. The van der Waals surface area contributed by atoms with E-state index >= 15 is 0 Å². The van der Waals surface area contributed by atoms with Crippen LogP contribution in [0.1, 0.15) is 32.1 Å². The molecule has 1 aliphatic rings. The summed E-state index contributed by atoms with van der Waals surface area (Å²) in [6.07, 6.45) is 2.68.